The first-order valence-electron chi connectivity index (χ1n) is 10.0. The summed E-state index contributed by atoms with van der Waals surface area (Å²) in [5.74, 6) is -0.605. The third kappa shape index (κ3) is 6.77. The van der Waals surface area contributed by atoms with Crippen molar-refractivity contribution >= 4 is 29.0 Å². The molecule has 0 aliphatic heterocycles. The number of hydrogen-bond donors (Lipinski definition) is 1. The third-order valence-corrected chi connectivity index (χ3v) is 5.17. The highest BCUT2D eigenvalue weighted by Crippen LogP contribution is 2.17. The average molecular weight is 437 g/mol. The minimum Gasteiger partial charge on any atom is -0.383 e. The van der Waals surface area contributed by atoms with Crippen molar-refractivity contribution in [2.45, 2.75) is 33.2 Å². The van der Waals surface area contributed by atoms with E-state index in [0.29, 0.717) is 36.9 Å². The van der Waals surface area contributed by atoms with Gasteiger partial charge in [0, 0.05) is 32.1 Å². The highest BCUT2D eigenvalue weighted by molar-refractivity contribution is 7.09. The highest BCUT2D eigenvalue weighted by atomic mass is 32.1. The summed E-state index contributed by atoms with van der Waals surface area (Å²) in [5.41, 5.74) is 0.493. The Labute approximate surface area is 180 Å². The fraction of sp³-hybridized carbons (Fsp3) is 0.476. The predicted octanol–water partition coefficient (Wildman–Crippen LogP) is 4.22. The van der Waals surface area contributed by atoms with Gasteiger partial charge in [0.05, 0.1) is 18.8 Å². The van der Waals surface area contributed by atoms with Crippen LogP contribution < -0.4 is 5.32 Å². The molecular formula is C21H29FN4O3S. The molecule has 1 aromatic heterocycles. The predicted molar refractivity (Wildman–Crippen MR) is 116 cm³/mol. The number of benzene rings is 1. The summed E-state index contributed by atoms with van der Waals surface area (Å²) in [5, 5.41) is 4.93. The number of para-hydroxylation sites is 1. The van der Waals surface area contributed by atoms with Crippen molar-refractivity contribution in [3.63, 3.8) is 0 Å². The largest absolute Gasteiger partial charge is 0.383 e. The van der Waals surface area contributed by atoms with Crippen LogP contribution in [-0.2, 0) is 11.3 Å². The quantitative estimate of drug-likeness (QED) is 0.572. The summed E-state index contributed by atoms with van der Waals surface area (Å²) in [6, 6.07) is 5.53. The van der Waals surface area contributed by atoms with Gasteiger partial charge >= 0.3 is 6.03 Å². The summed E-state index contributed by atoms with van der Waals surface area (Å²) in [6.07, 6.45) is 1.76. The van der Waals surface area contributed by atoms with Gasteiger partial charge in [0.25, 0.3) is 5.91 Å². The number of thiazole rings is 1. The SMILES string of the molecule is CCCN(CCC)C(=O)c1csc(CN(CCOC)C(=O)Nc2ccccc2F)n1. The van der Waals surface area contributed by atoms with E-state index in [-0.39, 0.29) is 18.1 Å². The Balaban J connectivity index is 2.10. The number of methoxy groups -OCH3 is 1. The molecule has 1 N–H and O–H groups in total. The molecule has 0 aliphatic rings. The van der Waals surface area contributed by atoms with Crippen LogP contribution in [0.3, 0.4) is 0 Å². The zero-order valence-electron chi connectivity index (χ0n) is 17.7. The number of nitrogens with one attached hydrogen (secondary N) is 1. The standard InChI is InChI=1S/C21H29FN4O3S/c1-4-10-25(11-5-2)20(27)18-15-30-19(23-18)14-26(12-13-29-3)21(28)24-17-9-7-6-8-16(17)22/h6-9,15H,4-5,10-14H2,1-3H3,(H,24,28). The topological polar surface area (TPSA) is 74.8 Å². The zero-order chi connectivity index (χ0) is 21.9. The lowest BCUT2D eigenvalue weighted by Gasteiger charge is -2.22. The van der Waals surface area contributed by atoms with Crippen LogP contribution in [-0.4, -0.2) is 60.1 Å². The zero-order valence-corrected chi connectivity index (χ0v) is 18.5. The van der Waals surface area contributed by atoms with Crippen LogP contribution in [0.25, 0.3) is 0 Å². The number of amides is 3. The molecule has 0 atom stereocenters. The molecule has 7 nitrogen and oxygen atoms in total. The van der Waals surface area contributed by atoms with Crippen molar-refractivity contribution in [1.29, 1.82) is 0 Å². The Morgan fingerprint density at radius 3 is 2.47 bits per heavy atom. The second kappa shape index (κ2) is 12.2. The van der Waals surface area contributed by atoms with Crippen molar-refractivity contribution in [3.8, 4) is 0 Å². The molecular weight excluding hydrogens is 407 g/mol. The number of halogens is 1. The van der Waals surface area contributed by atoms with E-state index in [1.54, 1.807) is 29.5 Å². The van der Waals surface area contributed by atoms with E-state index in [1.807, 2.05) is 13.8 Å². The van der Waals surface area contributed by atoms with Crippen molar-refractivity contribution in [3.05, 3.63) is 46.2 Å². The van der Waals surface area contributed by atoms with Crippen molar-refractivity contribution in [2.24, 2.45) is 0 Å². The number of hydrogen-bond acceptors (Lipinski definition) is 5. The number of carbonyl (C=O) groups is 2. The molecule has 0 fully saturated rings. The molecule has 2 rings (SSSR count). The van der Waals surface area contributed by atoms with E-state index in [1.165, 1.54) is 28.4 Å². The molecule has 0 aliphatic carbocycles. The Hall–Kier alpha value is -2.52. The molecule has 1 aromatic carbocycles. The Bertz CT molecular complexity index is 824. The molecule has 0 spiro atoms. The number of aromatic nitrogens is 1. The van der Waals surface area contributed by atoms with Crippen LogP contribution in [0.2, 0.25) is 0 Å². The molecule has 3 amide bonds. The number of nitrogens with zero attached hydrogens (tertiary/aromatic N) is 3. The summed E-state index contributed by atoms with van der Waals surface area (Å²) >= 11 is 1.32. The highest BCUT2D eigenvalue weighted by Gasteiger charge is 2.21. The van der Waals surface area contributed by atoms with Gasteiger partial charge in [-0.25, -0.2) is 14.2 Å². The van der Waals surface area contributed by atoms with Gasteiger partial charge in [-0.3, -0.25) is 4.79 Å². The molecule has 0 unspecified atom stereocenters. The van der Waals surface area contributed by atoms with E-state index in [0.717, 1.165) is 12.8 Å². The number of ether oxygens (including phenoxy) is 1. The maximum Gasteiger partial charge on any atom is 0.322 e. The molecule has 0 bridgehead atoms. The average Bonchev–Trinajstić information content (AvgIpc) is 3.20. The Morgan fingerprint density at radius 2 is 1.83 bits per heavy atom. The summed E-state index contributed by atoms with van der Waals surface area (Å²) in [4.78, 5) is 33.1. The molecule has 0 radical (unpaired) electrons. The van der Waals surface area contributed by atoms with Gasteiger partial charge in [0.15, 0.2) is 0 Å². The first-order chi connectivity index (χ1) is 14.5. The van der Waals surface area contributed by atoms with Crippen LogP contribution in [0.5, 0.6) is 0 Å². The fourth-order valence-corrected chi connectivity index (χ4v) is 3.66. The Morgan fingerprint density at radius 1 is 1.13 bits per heavy atom. The van der Waals surface area contributed by atoms with Crippen molar-refractivity contribution in [2.75, 3.05) is 38.7 Å². The Kier molecular flexibility index (Phi) is 9.69. The van der Waals surface area contributed by atoms with Gasteiger partial charge in [0.2, 0.25) is 0 Å². The number of urea groups is 1. The van der Waals surface area contributed by atoms with Crippen LogP contribution in [0, 0.1) is 5.82 Å². The van der Waals surface area contributed by atoms with Gasteiger partial charge in [-0.1, -0.05) is 26.0 Å². The van der Waals surface area contributed by atoms with E-state index >= 15 is 0 Å². The van der Waals surface area contributed by atoms with E-state index in [2.05, 4.69) is 10.3 Å². The van der Waals surface area contributed by atoms with E-state index < -0.39 is 11.8 Å². The smallest absolute Gasteiger partial charge is 0.322 e. The molecule has 30 heavy (non-hydrogen) atoms. The molecule has 1 heterocycles. The first-order valence-corrected chi connectivity index (χ1v) is 10.9. The maximum atomic E-state index is 13.9. The lowest BCUT2D eigenvalue weighted by atomic mass is 10.3. The number of carbonyl (C=O) groups excluding carboxylic acids is 2. The lowest BCUT2D eigenvalue weighted by molar-refractivity contribution is 0.0750. The molecule has 2 aromatic rings. The van der Waals surface area contributed by atoms with Crippen LogP contribution in [0.15, 0.2) is 29.6 Å². The minimum absolute atomic E-state index is 0.0968. The summed E-state index contributed by atoms with van der Waals surface area (Å²) in [7, 11) is 1.54. The summed E-state index contributed by atoms with van der Waals surface area (Å²) in [6.45, 7) is 6.26. The normalized spacial score (nSPS) is 10.7. The van der Waals surface area contributed by atoms with Gasteiger partial charge in [-0.05, 0) is 25.0 Å². The monoisotopic (exact) mass is 436 g/mol. The maximum absolute atomic E-state index is 13.9. The molecule has 9 heteroatoms. The second-order valence-corrected chi connectivity index (χ2v) is 7.69. The van der Waals surface area contributed by atoms with Gasteiger partial charge in [-0.15, -0.1) is 11.3 Å². The van der Waals surface area contributed by atoms with Crippen molar-refractivity contribution < 1.29 is 18.7 Å². The number of anilines is 1. The molecule has 0 saturated heterocycles. The second-order valence-electron chi connectivity index (χ2n) is 6.74. The van der Waals surface area contributed by atoms with E-state index in [9.17, 15) is 14.0 Å². The third-order valence-electron chi connectivity index (χ3n) is 4.34. The lowest BCUT2D eigenvalue weighted by Crippen LogP contribution is -2.37. The summed E-state index contributed by atoms with van der Waals surface area (Å²) < 4.78 is 19.0. The van der Waals surface area contributed by atoms with Crippen LogP contribution in [0.1, 0.15) is 42.2 Å². The van der Waals surface area contributed by atoms with E-state index in [4.69, 9.17) is 4.74 Å². The molecule has 164 valence electrons. The van der Waals surface area contributed by atoms with Crippen LogP contribution >= 0.6 is 11.3 Å². The van der Waals surface area contributed by atoms with Gasteiger partial charge < -0.3 is 19.9 Å². The van der Waals surface area contributed by atoms with Crippen molar-refractivity contribution in [1.82, 2.24) is 14.8 Å². The minimum atomic E-state index is -0.508. The first kappa shape index (κ1) is 23.8. The fourth-order valence-electron chi connectivity index (χ4n) is 2.87. The number of rotatable bonds is 11. The molecule has 0 saturated carbocycles. The van der Waals surface area contributed by atoms with Gasteiger partial charge in [0.1, 0.15) is 16.5 Å². The van der Waals surface area contributed by atoms with Crippen LogP contribution in [0.4, 0.5) is 14.9 Å². The van der Waals surface area contributed by atoms with Gasteiger partial charge in [-0.2, -0.15) is 0 Å².